The van der Waals surface area contributed by atoms with Gasteiger partial charge in [0.1, 0.15) is 6.10 Å². The van der Waals surface area contributed by atoms with Crippen LogP contribution in [0.4, 0.5) is 10.5 Å². The van der Waals surface area contributed by atoms with Gasteiger partial charge in [-0.05, 0) is 67.7 Å². The number of imide groups is 1. The van der Waals surface area contributed by atoms with Crippen LogP contribution in [0.2, 0.25) is 0 Å². The quantitative estimate of drug-likeness (QED) is 0.189. The van der Waals surface area contributed by atoms with E-state index in [1.165, 1.54) is 16.0 Å². The van der Waals surface area contributed by atoms with Gasteiger partial charge in [-0.3, -0.25) is 24.7 Å². The van der Waals surface area contributed by atoms with Crippen LogP contribution in [-0.2, 0) is 17.8 Å². The molecule has 0 spiro atoms. The molecule has 0 aromatic heterocycles. The van der Waals surface area contributed by atoms with Crippen molar-refractivity contribution in [2.75, 3.05) is 38.5 Å². The molecule has 2 aliphatic rings. The van der Waals surface area contributed by atoms with Crippen molar-refractivity contribution in [3.05, 3.63) is 125 Å². The number of rotatable bonds is 11. The van der Waals surface area contributed by atoms with E-state index in [1.54, 1.807) is 24.3 Å². The molecular formula is C38H40N4O4. The molecule has 0 unspecified atom stereocenters. The van der Waals surface area contributed by atoms with E-state index in [0.717, 1.165) is 68.8 Å². The third-order valence-electron chi connectivity index (χ3n) is 8.74. The summed E-state index contributed by atoms with van der Waals surface area (Å²) in [6, 6.07) is 33.5. The Morgan fingerprint density at radius 1 is 0.783 bits per heavy atom. The predicted molar refractivity (Wildman–Crippen MR) is 179 cm³/mol. The van der Waals surface area contributed by atoms with Crippen LogP contribution >= 0.6 is 0 Å². The first-order valence-corrected chi connectivity index (χ1v) is 16.0. The van der Waals surface area contributed by atoms with Gasteiger partial charge in [0.15, 0.2) is 0 Å². The van der Waals surface area contributed by atoms with Crippen LogP contribution in [0.5, 0.6) is 0 Å². The number of likely N-dealkylation sites (tertiary alicyclic amines) is 1. The maximum atomic E-state index is 12.8. The number of ether oxygens (including phenoxy) is 1. The minimum absolute atomic E-state index is 0.102. The molecule has 2 aliphatic heterocycles. The molecule has 0 aliphatic carbocycles. The molecule has 4 aromatic carbocycles. The first-order chi connectivity index (χ1) is 22.4. The fourth-order valence-electron chi connectivity index (χ4n) is 6.28. The Balaban J connectivity index is 0.901. The summed E-state index contributed by atoms with van der Waals surface area (Å²) >= 11 is 0. The van der Waals surface area contributed by atoms with E-state index >= 15 is 0 Å². The average molecular weight is 617 g/mol. The van der Waals surface area contributed by atoms with Crippen molar-refractivity contribution in [1.82, 2.24) is 14.7 Å². The monoisotopic (exact) mass is 616 g/mol. The second kappa shape index (κ2) is 14.5. The van der Waals surface area contributed by atoms with Gasteiger partial charge in [-0.2, -0.15) is 0 Å². The van der Waals surface area contributed by atoms with E-state index in [0.29, 0.717) is 17.7 Å². The van der Waals surface area contributed by atoms with Crippen LogP contribution < -0.4 is 5.32 Å². The van der Waals surface area contributed by atoms with Crippen molar-refractivity contribution in [3.63, 3.8) is 0 Å². The molecule has 8 heteroatoms. The molecule has 1 N–H and O–H groups in total. The van der Waals surface area contributed by atoms with Crippen molar-refractivity contribution in [1.29, 1.82) is 0 Å². The topological polar surface area (TPSA) is 82.2 Å². The van der Waals surface area contributed by atoms with Gasteiger partial charge in [-0.15, -0.1) is 0 Å². The number of fused-ring (bicyclic) bond motifs is 1. The van der Waals surface area contributed by atoms with E-state index in [9.17, 15) is 14.4 Å². The Hall–Kier alpha value is -4.79. The molecule has 1 saturated heterocycles. The first kappa shape index (κ1) is 31.2. The highest BCUT2D eigenvalue weighted by Gasteiger charge is 2.34. The van der Waals surface area contributed by atoms with Crippen LogP contribution in [0.3, 0.4) is 0 Å². The second-order valence-electron chi connectivity index (χ2n) is 12.1. The summed E-state index contributed by atoms with van der Waals surface area (Å²) in [5.41, 5.74) is 6.24. The molecule has 0 atom stereocenters. The smallest absolute Gasteiger partial charge is 0.411 e. The summed E-state index contributed by atoms with van der Waals surface area (Å²) in [4.78, 5) is 43.9. The summed E-state index contributed by atoms with van der Waals surface area (Å²) in [5, 5.41) is 2.95. The fraction of sp³-hybridized carbons (Fsp3) is 0.289. The van der Waals surface area contributed by atoms with Crippen molar-refractivity contribution in [3.8, 4) is 11.1 Å². The van der Waals surface area contributed by atoms with Gasteiger partial charge in [0.25, 0.3) is 11.8 Å². The maximum Gasteiger partial charge on any atom is 0.411 e. The lowest BCUT2D eigenvalue weighted by Gasteiger charge is -2.31. The number of carbonyl (C=O) groups excluding carboxylic acids is 3. The maximum absolute atomic E-state index is 12.8. The zero-order valence-corrected chi connectivity index (χ0v) is 26.2. The van der Waals surface area contributed by atoms with Gasteiger partial charge in [0.2, 0.25) is 0 Å². The molecule has 6 rings (SSSR count). The van der Waals surface area contributed by atoms with Crippen molar-refractivity contribution >= 4 is 23.6 Å². The Kier molecular flexibility index (Phi) is 9.86. The van der Waals surface area contributed by atoms with Gasteiger partial charge in [0, 0.05) is 38.3 Å². The minimum Gasteiger partial charge on any atom is -0.446 e. The first-order valence-electron chi connectivity index (χ1n) is 16.0. The summed E-state index contributed by atoms with van der Waals surface area (Å²) in [6.07, 6.45) is 1.82. The molecule has 0 radical (unpaired) electrons. The van der Waals surface area contributed by atoms with Crippen molar-refractivity contribution in [2.45, 2.75) is 38.5 Å². The molecule has 236 valence electrons. The van der Waals surface area contributed by atoms with E-state index in [2.05, 4.69) is 46.4 Å². The van der Waals surface area contributed by atoms with E-state index < -0.39 is 6.09 Å². The van der Waals surface area contributed by atoms with E-state index in [-0.39, 0.29) is 17.9 Å². The highest BCUT2D eigenvalue weighted by Crippen LogP contribution is 2.28. The van der Waals surface area contributed by atoms with Crippen LogP contribution in [0.15, 0.2) is 103 Å². The fourth-order valence-corrected chi connectivity index (χ4v) is 6.28. The lowest BCUT2D eigenvalue weighted by atomic mass is 10.0. The van der Waals surface area contributed by atoms with E-state index in [4.69, 9.17) is 4.74 Å². The number of para-hydroxylation sites is 1. The van der Waals surface area contributed by atoms with Gasteiger partial charge in [-0.1, -0.05) is 84.9 Å². The average Bonchev–Trinajstić information content (AvgIpc) is 3.32. The molecule has 0 saturated carbocycles. The number of nitrogens with one attached hydrogen (secondary N) is 1. The SMILES string of the molecule is CN(CCCN1C(=O)c2ccccc2C1=O)Cc1ccc(CN2CCC(OC(=O)Nc3ccccc3-c3ccccc3)CC2)cc1. The predicted octanol–water partition coefficient (Wildman–Crippen LogP) is 6.68. The summed E-state index contributed by atoms with van der Waals surface area (Å²) in [7, 11) is 2.06. The third-order valence-corrected chi connectivity index (χ3v) is 8.74. The molecule has 46 heavy (non-hydrogen) atoms. The Labute approximate surface area is 270 Å². The number of anilines is 1. The van der Waals surface area contributed by atoms with Crippen molar-refractivity contribution in [2.24, 2.45) is 0 Å². The molecule has 2 heterocycles. The summed E-state index contributed by atoms with van der Waals surface area (Å²) in [6.45, 7) is 4.60. The van der Waals surface area contributed by atoms with E-state index in [1.807, 2.05) is 54.6 Å². The Bertz CT molecular complexity index is 1630. The zero-order valence-electron chi connectivity index (χ0n) is 26.2. The van der Waals surface area contributed by atoms with Crippen LogP contribution in [-0.4, -0.2) is 71.9 Å². The number of piperidine rings is 1. The molecule has 1 fully saturated rings. The number of benzene rings is 4. The zero-order chi connectivity index (χ0) is 31.9. The number of hydrogen-bond donors (Lipinski definition) is 1. The number of carbonyl (C=O) groups is 3. The lowest BCUT2D eigenvalue weighted by Crippen LogP contribution is -2.38. The van der Waals surface area contributed by atoms with Gasteiger partial charge in [-0.25, -0.2) is 4.79 Å². The lowest BCUT2D eigenvalue weighted by molar-refractivity contribution is 0.0566. The normalized spacial score (nSPS) is 15.3. The van der Waals surface area contributed by atoms with Gasteiger partial charge >= 0.3 is 6.09 Å². The molecule has 0 bridgehead atoms. The highest BCUT2D eigenvalue weighted by molar-refractivity contribution is 6.21. The highest BCUT2D eigenvalue weighted by atomic mass is 16.6. The molecule has 3 amide bonds. The number of nitrogens with zero attached hydrogens (tertiary/aromatic N) is 3. The Morgan fingerprint density at radius 2 is 1.37 bits per heavy atom. The summed E-state index contributed by atoms with van der Waals surface area (Å²) in [5.74, 6) is -0.386. The number of hydrogen-bond acceptors (Lipinski definition) is 6. The number of amides is 3. The largest absolute Gasteiger partial charge is 0.446 e. The summed E-state index contributed by atoms with van der Waals surface area (Å²) < 4.78 is 5.80. The van der Waals surface area contributed by atoms with Crippen molar-refractivity contribution < 1.29 is 19.1 Å². The van der Waals surface area contributed by atoms with Crippen LogP contribution in [0.25, 0.3) is 11.1 Å². The molecule has 4 aromatic rings. The standard InChI is InChI=1S/C38H40N4O4/c1-40(22-9-23-42-36(43)33-13-5-6-14-34(33)37(42)44)26-28-16-18-29(19-17-28)27-41-24-20-31(21-25-41)46-38(45)39-35-15-8-7-12-32(35)30-10-3-2-4-11-30/h2-8,10-19,31H,9,20-27H2,1H3,(H,39,45). The minimum atomic E-state index is -0.411. The van der Waals surface area contributed by atoms with Crippen LogP contribution in [0, 0.1) is 0 Å². The third kappa shape index (κ3) is 7.53. The molecule has 8 nitrogen and oxygen atoms in total. The van der Waals surface area contributed by atoms with Gasteiger partial charge in [0.05, 0.1) is 16.8 Å². The molecular weight excluding hydrogens is 576 g/mol. The Morgan fingerprint density at radius 3 is 2.04 bits per heavy atom. The van der Waals surface area contributed by atoms with Crippen LogP contribution in [0.1, 0.15) is 51.1 Å². The van der Waals surface area contributed by atoms with Gasteiger partial charge < -0.3 is 9.64 Å². The second-order valence-corrected chi connectivity index (χ2v) is 12.1.